The van der Waals surface area contributed by atoms with Crippen LogP contribution in [-0.2, 0) is 19.6 Å². The molecule has 0 fully saturated rings. The molecule has 3 aromatic heterocycles. The van der Waals surface area contributed by atoms with Crippen molar-refractivity contribution in [2.45, 2.75) is 26.1 Å². The van der Waals surface area contributed by atoms with Crippen molar-refractivity contribution in [3.05, 3.63) is 66.5 Å². The van der Waals surface area contributed by atoms with E-state index < -0.39 is 0 Å². The van der Waals surface area contributed by atoms with Gasteiger partial charge in [-0.3, -0.25) is 14.6 Å². The van der Waals surface area contributed by atoms with Crippen molar-refractivity contribution in [1.29, 1.82) is 0 Å². The summed E-state index contributed by atoms with van der Waals surface area (Å²) in [6.45, 7) is 4.71. The van der Waals surface area contributed by atoms with Gasteiger partial charge in [0.1, 0.15) is 0 Å². The zero-order chi connectivity index (χ0) is 17.6. The SMILES string of the molecule is c1cnc(NCCC2CN(Cc3ccncc3)Cc3ccnn3C2)nc1. The van der Waals surface area contributed by atoms with Crippen LogP contribution in [0.4, 0.5) is 5.95 Å². The van der Waals surface area contributed by atoms with Gasteiger partial charge >= 0.3 is 0 Å². The predicted molar refractivity (Wildman–Crippen MR) is 99.2 cm³/mol. The number of hydrogen-bond donors (Lipinski definition) is 1. The Bertz CT molecular complexity index is 803. The topological polar surface area (TPSA) is 71.8 Å². The number of nitrogens with zero attached hydrogens (tertiary/aromatic N) is 6. The first-order valence-corrected chi connectivity index (χ1v) is 8.99. The van der Waals surface area contributed by atoms with E-state index >= 15 is 0 Å². The smallest absolute Gasteiger partial charge is 0.222 e. The minimum absolute atomic E-state index is 0.522. The normalized spacial score (nSPS) is 17.5. The van der Waals surface area contributed by atoms with E-state index in [1.165, 1.54) is 11.3 Å². The Hall–Kier alpha value is -2.80. The number of hydrogen-bond acceptors (Lipinski definition) is 6. The van der Waals surface area contributed by atoms with Crippen LogP contribution in [0.1, 0.15) is 17.7 Å². The Kier molecular flexibility index (Phi) is 5.16. The summed E-state index contributed by atoms with van der Waals surface area (Å²) < 4.78 is 2.15. The third-order valence-electron chi connectivity index (χ3n) is 4.69. The highest BCUT2D eigenvalue weighted by atomic mass is 15.3. The maximum Gasteiger partial charge on any atom is 0.222 e. The molecule has 7 nitrogen and oxygen atoms in total. The molecule has 1 N–H and O–H groups in total. The first-order chi connectivity index (χ1) is 12.9. The molecule has 3 aromatic rings. The van der Waals surface area contributed by atoms with Gasteiger partial charge in [-0.15, -0.1) is 0 Å². The van der Waals surface area contributed by atoms with Crippen LogP contribution in [0, 0.1) is 5.92 Å². The highest BCUT2D eigenvalue weighted by molar-refractivity contribution is 5.21. The summed E-state index contributed by atoms with van der Waals surface area (Å²) in [5, 5.41) is 7.83. The number of rotatable bonds is 6. The largest absolute Gasteiger partial charge is 0.354 e. The van der Waals surface area contributed by atoms with Crippen LogP contribution >= 0.6 is 0 Å². The summed E-state index contributed by atoms with van der Waals surface area (Å²) in [4.78, 5) is 15.1. The molecule has 0 amide bonds. The Labute approximate surface area is 153 Å². The lowest BCUT2D eigenvalue weighted by atomic mass is 10.0. The number of fused-ring (bicyclic) bond motifs is 1. The second-order valence-corrected chi connectivity index (χ2v) is 6.68. The molecule has 1 aliphatic heterocycles. The van der Waals surface area contributed by atoms with Gasteiger partial charge in [0.2, 0.25) is 5.95 Å². The van der Waals surface area contributed by atoms with Crippen LogP contribution in [0.15, 0.2) is 55.2 Å². The average Bonchev–Trinajstić information content (AvgIpc) is 3.03. The minimum Gasteiger partial charge on any atom is -0.354 e. The summed E-state index contributed by atoms with van der Waals surface area (Å²) in [6.07, 6.45) is 10.2. The quantitative estimate of drug-likeness (QED) is 0.736. The molecule has 26 heavy (non-hydrogen) atoms. The van der Waals surface area contributed by atoms with Crippen molar-refractivity contribution in [2.24, 2.45) is 5.92 Å². The molecule has 4 rings (SSSR count). The van der Waals surface area contributed by atoms with Gasteiger partial charge in [-0.1, -0.05) is 0 Å². The molecular formula is C19H23N7. The van der Waals surface area contributed by atoms with E-state index in [-0.39, 0.29) is 0 Å². The van der Waals surface area contributed by atoms with Crippen molar-refractivity contribution in [3.8, 4) is 0 Å². The van der Waals surface area contributed by atoms with Gasteiger partial charge in [-0.05, 0) is 42.2 Å². The minimum atomic E-state index is 0.522. The molecule has 4 heterocycles. The van der Waals surface area contributed by atoms with E-state index in [2.05, 4.69) is 53.1 Å². The maximum atomic E-state index is 4.51. The summed E-state index contributed by atoms with van der Waals surface area (Å²) in [5.41, 5.74) is 2.57. The summed E-state index contributed by atoms with van der Waals surface area (Å²) in [6, 6.07) is 8.13. The van der Waals surface area contributed by atoms with Gasteiger partial charge in [-0.2, -0.15) is 5.10 Å². The number of nitrogens with one attached hydrogen (secondary N) is 1. The Morgan fingerprint density at radius 3 is 2.69 bits per heavy atom. The van der Waals surface area contributed by atoms with E-state index in [1.807, 2.05) is 24.7 Å². The van der Waals surface area contributed by atoms with Crippen molar-refractivity contribution in [2.75, 3.05) is 18.4 Å². The average molecular weight is 349 g/mol. The fraction of sp³-hybridized carbons (Fsp3) is 0.368. The second-order valence-electron chi connectivity index (χ2n) is 6.68. The maximum absolute atomic E-state index is 4.51. The van der Waals surface area contributed by atoms with Crippen LogP contribution in [0.2, 0.25) is 0 Å². The molecule has 0 spiro atoms. The van der Waals surface area contributed by atoms with Gasteiger partial charge < -0.3 is 5.32 Å². The zero-order valence-corrected chi connectivity index (χ0v) is 14.7. The lowest BCUT2D eigenvalue weighted by Gasteiger charge is -2.24. The van der Waals surface area contributed by atoms with Gasteiger partial charge in [-0.25, -0.2) is 9.97 Å². The van der Waals surface area contributed by atoms with Gasteiger partial charge in [0.15, 0.2) is 0 Å². The lowest BCUT2D eigenvalue weighted by molar-refractivity contribution is 0.217. The van der Waals surface area contributed by atoms with Gasteiger partial charge in [0.25, 0.3) is 0 Å². The van der Waals surface area contributed by atoms with Crippen molar-refractivity contribution in [3.63, 3.8) is 0 Å². The molecule has 0 saturated heterocycles. The van der Waals surface area contributed by atoms with Crippen molar-refractivity contribution < 1.29 is 0 Å². The van der Waals surface area contributed by atoms with Gasteiger partial charge in [0.05, 0.1) is 5.69 Å². The van der Waals surface area contributed by atoms with Gasteiger partial charge in [0, 0.05) is 63.7 Å². The van der Waals surface area contributed by atoms with Crippen LogP contribution in [0.3, 0.4) is 0 Å². The third kappa shape index (κ3) is 4.23. The van der Waals surface area contributed by atoms with E-state index in [0.717, 1.165) is 39.1 Å². The monoisotopic (exact) mass is 349 g/mol. The number of aromatic nitrogens is 5. The number of anilines is 1. The van der Waals surface area contributed by atoms with Crippen LogP contribution in [0.25, 0.3) is 0 Å². The molecule has 1 unspecified atom stereocenters. The first-order valence-electron chi connectivity index (χ1n) is 8.99. The molecule has 1 atom stereocenters. The van der Waals surface area contributed by atoms with Crippen molar-refractivity contribution in [1.82, 2.24) is 29.6 Å². The summed E-state index contributed by atoms with van der Waals surface area (Å²) in [5.74, 6) is 1.21. The van der Waals surface area contributed by atoms with E-state index in [9.17, 15) is 0 Å². The summed E-state index contributed by atoms with van der Waals surface area (Å²) >= 11 is 0. The zero-order valence-electron chi connectivity index (χ0n) is 14.7. The van der Waals surface area contributed by atoms with E-state index in [4.69, 9.17) is 0 Å². The molecule has 0 bridgehead atoms. The molecule has 1 aliphatic rings. The molecule has 0 aromatic carbocycles. The molecule has 134 valence electrons. The fourth-order valence-electron chi connectivity index (χ4n) is 3.45. The number of pyridine rings is 1. The Balaban J connectivity index is 1.40. The molecule has 0 radical (unpaired) electrons. The third-order valence-corrected chi connectivity index (χ3v) is 4.69. The molecule has 7 heteroatoms. The lowest BCUT2D eigenvalue weighted by Crippen LogP contribution is -2.28. The molecule has 0 aliphatic carbocycles. The van der Waals surface area contributed by atoms with E-state index in [1.54, 1.807) is 12.4 Å². The first kappa shape index (κ1) is 16.7. The van der Waals surface area contributed by atoms with Crippen LogP contribution in [0.5, 0.6) is 0 Å². The second kappa shape index (κ2) is 8.05. The summed E-state index contributed by atoms with van der Waals surface area (Å²) in [7, 11) is 0. The van der Waals surface area contributed by atoms with Crippen molar-refractivity contribution >= 4 is 5.95 Å². The van der Waals surface area contributed by atoms with E-state index in [0.29, 0.717) is 11.9 Å². The molecule has 0 saturated carbocycles. The predicted octanol–water partition coefficient (Wildman–Crippen LogP) is 2.20. The standard InChI is InChI=1S/C19H23N7/c1-6-21-19(22-7-1)23-10-4-17-13-25(12-16-2-8-20-9-3-16)15-18-5-11-24-26(18)14-17/h1-3,5-9,11,17H,4,10,12-15H2,(H,21,22,23). The Morgan fingerprint density at radius 1 is 1.00 bits per heavy atom. The van der Waals surface area contributed by atoms with Crippen LogP contribution < -0.4 is 5.32 Å². The highest BCUT2D eigenvalue weighted by Crippen LogP contribution is 2.20. The highest BCUT2D eigenvalue weighted by Gasteiger charge is 2.22. The Morgan fingerprint density at radius 2 is 1.85 bits per heavy atom. The fourth-order valence-corrected chi connectivity index (χ4v) is 3.45. The van der Waals surface area contributed by atoms with Crippen LogP contribution in [-0.4, -0.2) is 42.7 Å². The molecular weight excluding hydrogens is 326 g/mol.